The Labute approximate surface area is 284 Å². The quantitative estimate of drug-likeness (QED) is 0.149. The number of fused-ring (bicyclic) bond motifs is 1. The first kappa shape index (κ1) is 32.5. The Morgan fingerprint density at radius 3 is 1.64 bits per heavy atom. The third-order valence-electron chi connectivity index (χ3n) is 8.49. The van der Waals surface area contributed by atoms with Gasteiger partial charge in [-0.25, -0.2) is 0 Å². The summed E-state index contributed by atoms with van der Waals surface area (Å²) in [6.07, 6.45) is 0.616. The molecule has 0 amide bonds. The van der Waals surface area contributed by atoms with E-state index in [9.17, 15) is 0 Å². The molecular formula is C35H35Br3O6. The first-order chi connectivity index (χ1) is 21.1. The van der Waals surface area contributed by atoms with E-state index in [0.29, 0.717) is 17.9 Å². The molecule has 1 aliphatic carbocycles. The lowest BCUT2D eigenvalue weighted by Crippen LogP contribution is -2.23. The fourth-order valence-corrected chi connectivity index (χ4v) is 9.31. The zero-order valence-electron chi connectivity index (χ0n) is 25.7. The highest BCUT2D eigenvalue weighted by Gasteiger charge is 2.53. The van der Waals surface area contributed by atoms with Crippen LogP contribution in [0.3, 0.4) is 0 Å². The Bertz CT molecular complexity index is 1650. The molecule has 3 atom stereocenters. The minimum atomic E-state index is -0.546. The Morgan fingerprint density at radius 1 is 0.614 bits per heavy atom. The van der Waals surface area contributed by atoms with E-state index < -0.39 is 4.32 Å². The van der Waals surface area contributed by atoms with Crippen molar-refractivity contribution in [2.75, 3.05) is 42.7 Å². The molecule has 0 bridgehead atoms. The van der Waals surface area contributed by atoms with Gasteiger partial charge in [0.1, 0.15) is 34.5 Å². The van der Waals surface area contributed by atoms with Crippen LogP contribution >= 0.6 is 47.8 Å². The normalized spacial score (nSPS) is 18.9. The van der Waals surface area contributed by atoms with Crippen molar-refractivity contribution in [2.24, 2.45) is 0 Å². The summed E-state index contributed by atoms with van der Waals surface area (Å²) >= 11 is 12.1. The van der Waals surface area contributed by atoms with Crippen LogP contribution in [0.15, 0.2) is 69.6 Å². The highest BCUT2D eigenvalue weighted by atomic mass is 79.9. The van der Waals surface area contributed by atoms with Crippen molar-refractivity contribution < 1.29 is 28.4 Å². The average molecular weight is 791 g/mol. The number of methoxy groups -OCH3 is 6. The van der Waals surface area contributed by atoms with Crippen molar-refractivity contribution >= 4 is 47.8 Å². The van der Waals surface area contributed by atoms with E-state index >= 15 is 0 Å². The van der Waals surface area contributed by atoms with Crippen LogP contribution in [0.1, 0.15) is 52.1 Å². The molecule has 0 spiro atoms. The Morgan fingerprint density at radius 2 is 1.11 bits per heavy atom. The Kier molecular flexibility index (Phi) is 9.78. The van der Waals surface area contributed by atoms with Gasteiger partial charge in [-0.3, -0.25) is 0 Å². The number of halogens is 3. The van der Waals surface area contributed by atoms with Crippen molar-refractivity contribution in [3.8, 4) is 34.5 Å². The van der Waals surface area contributed by atoms with Gasteiger partial charge in [0.15, 0.2) is 0 Å². The summed E-state index contributed by atoms with van der Waals surface area (Å²) in [6, 6.07) is 20.3. The lowest BCUT2D eigenvalue weighted by Gasteiger charge is -2.33. The zero-order valence-corrected chi connectivity index (χ0v) is 30.5. The number of hydrogen-bond acceptors (Lipinski definition) is 6. The fourth-order valence-electron chi connectivity index (χ4n) is 6.44. The molecule has 4 aromatic carbocycles. The molecule has 3 unspecified atom stereocenters. The minimum absolute atomic E-state index is 0.0940. The molecule has 6 nitrogen and oxygen atoms in total. The zero-order chi connectivity index (χ0) is 31.8. The van der Waals surface area contributed by atoms with Crippen molar-refractivity contribution in [3.63, 3.8) is 0 Å². The van der Waals surface area contributed by atoms with E-state index in [1.54, 1.807) is 42.7 Å². The Hall–Kier alpha value is -2.88. The maximum absolute atomic E-state index is 6.12. The first-order valence-electron chi connectivity index (χ1n) is 14.0. The molecule has 0 fully saturated rings. The van der Waals surface area contributed by atoms with Gasteiger partial charge in [0.05, 0.1) is 55.9 Å². The highest BCUT2D eigenvalue weighted by molar-refractivity contribution is 9.11. The van der Waals surface area contributed by atoms with Gasteiger partial charge in [-0.15, -0.1) is 0 Å². The molecule has 0 aromatic heterocycles. The van der Waals surface area contributed by atoms with Crippen LogP contribution in [-0.4, -0.2) is 42.7 Å². The average Bonchev–Trinajstić information content (AvgIpc) is 3.29. The predicted molar refractivity (Wildman–Crippen MR) is 184 cm³/mol. The second-order valence-corrected chi connectivity index (χ2v) is 13.9. The fraction of sp³-hybridized carbons (Fsp3) is 0.314. The molecule has 0 radical (unpaired) electrons. The first-order valence-corrected chi connectivity index (χ1v) is 16.4. The van der Waals surface area contributed by atoms with E-state index in [2.05, 4.69) is 79.0 Å². The molecule has 0 heterocycles. The second-order valence-electron chi connectivity index (χ2n) is 10.7. The molecule has 0 N–H and O–H groups in total. The number of ether oxygens (including phenoxy) is 6. The van der Waals surface area contributed by atoms with Crippen molar-refractivity contribution in [2.45, 2.75) is 29.5 Å². The lowest BCUT2D eigenvalue weighted by atomic mass is 9.76. The van der Waals surface area contributed by atoms with Gasteiger partial charge in [0, 0.05) is 41.5 Å². The van der Waals surface area contributed by atoms with Crippen LogP contribution in [0.25, 0.3) is 0 Å². The van der Waals surface area contributed by atoms with Gasteiger partial charge < -0.3 is 28.4 Å². The maximum Gasteiger partial charge on any atom is 0.137 e. The molecule has 0 aliphatic heterocycles. The van der Waals surface area contributed by atoms with Crippen LogP contribution in [0.2, 0.25) is 0 Å². The molecule has 0 saturated heterocycles. The topological polar surface area (TPSA) is 55.4 Å². The van der Waals surface area contributed by atoms with Crippen molar-refractivity contribution in [1.29, 1.82) is 0 Å². The SMILES string of the molecule is COc1ccc(Cc2c(OC)cc(OC)c(Br)c2C2c3c(OC)cc(OC)c(Br)c3C(C)(Br)C2c2ccc(OC)cc2)cc1. The molecule has 1 aliphatic rings. The van der Waals surface area contributed by atoms with Crippen LogP contribution in [0.5, 0.6) is 34.5 Å². The maximum atomic E-state index is 6.12. The molecule has 9 heteroatoms. The van der Waals surface area contributed by atoms with Crippen LogP contribution < -0.4 is 28.4 Å². The Balaban J connectivity index is 1.88. The summed E-state index contributed by atoms with van der Waals surface area (Å²) in [4.78, 5) is 0. The number of hydrogen-bond donors (Lipinski definition) is 0. The van der Waals surface area contributed by atoms with E-state index in [1.165, 1.54) is 0 Å². The third kappa shape index (κ3) is 5.56. The molecule has 232 valence electrons. The van der Waals surface area contributed by atoms with Gasteiger partial charge in [-0.1, -0.05) is 40.2 Å². The summed E-state index contributed by atoms with van der Waals surface area (Å²) in [7, 11) is 10.1. The summed E-state index contributed by atoms with van der Waals surface area (Å²) in [6.45, 7) is 2.21. The van der Waals surface area contributed by atoms with Crippen molar-refractivity contribution in [3.05, 3.63) is 103 Å². The summed E-state index contributed by atoms with van der Waals surface area (Å²) in [5.41, 5.74) is 6.45. The van der Waals surface area contributed by atoms with Crippen LogP contribution in [-0.2, 0) is 10.7 Å². The standard InChI is InChI=1S/C35H35Br3O6/c1-35(38)31(20-10-14-22(40-3)15-11-20)30(29-25(42-5)18-27(44-7)34(37)32(29)35)28-23(16-19-8-12-21(39-2)13-9-19)24(41-4)17-26(43-6)33(28)36/h8-15,17-18,30-31H,16H2,1-7H3. The van der Waals surface area contributed by atoms with E-state index in [1.807, 2.05) is 36.4 Å². The summed E-state index contributed by atoms with van der Waals surface area (Å²) < 4.78 is 36.1. The number of alkyl halides is 1. The molecular weight excluding hydrogens is 756 g/mol. The third-order valence-corrected chi connectivity index (χ3v) is 11.0. The smallest absolute Gasteiger partial charge is 0.137 e. The van der Waals surface area contributed by atoms with Gasteiger partial charge in [0.25, 0.3) is 0 Å². The monoisotopic (exact) mass is 788 g/mol. The van der Waals surface area contributed by atoms with E-state index in [0.717, 1.165) is 65.3 Å². The largest absolute Gasteiger partial charge is 0.497 e. The predicted octanol–water partition coefficient (Wildman–Crippen LogP) is 9.39. The molecule has 4 aromatic rings. The molecule has 44 heavy (non-hydrogen) atoms. The lowest BCUT2D eigenvalue weighted by molar-refractivity contribution is 0.384. The van der Waals surface area contributed by atoms with Crippen LogP contribution in [0.4, 0.5) is 0 Å². The van der Waals surface area contributed by atoms with Gasteiger partial charge in [-0.2, -0.15) is 0 Å². The van der Waals surface area contributed by atoms with Gasteiger partial charge in [0.2, 0.25) is 0 Å². The van der Waals surface area contributed by atoms with E-state index in [4.69, 9.17) is 28.4 Å². The second kappa shape index (κ2) is 13.2. The van der Waals surface area contributed by atoms with Gasteiger partial charge >= 0.3 is 0 Å². The summed E-state index contributed by atoms with van der Waals surface area (Å²) in [5.74, 6) is 4.15. The molecule has 5 rings (SSSR count). The number of benzene rings is 4. The van der Waals surface area contributed by atoms with E-state index in [-0.39, 0.29) is 11.8 Å². The molecule has 0 saturated carbocycles. The van der Waals surface area contributed by atoms with Gasteiger partial charge in [-0.05, 0) is 85.3 Å². The van der Waals surface area contributed by atoms with Crippen molar-refractivity contribution in [1.82, 2.24) is 0 Å². The van der Waals surface area contributed by atoms with Crippen LogP contribution in [0, 0.1) is 0 Å². The minimum Gasteiger partial charge on any atom is -0.497 e. The summed E-state index contributed by atoms with van der Waals surface area (Å²) in [5, 5.41) is 0. The highest BCUT2D eigenvalue weighted by Crippen LogP contribution is 2.67. The number of rotatable bonds is 10.